The zero-order chi connectivity index (χ0) is 20.6. The van der Waals surface area contributed by atoms with Gasteiger partial charge in [-0.25, -0.2) is 9.78 Å². The minimum atomic E-state index is -0.982. The number of carboxylic acid groups (broad SMARTS) is 1. The van der Waals surface area contributed by atoms with Crippen LogP contribution in [0.2, 0.25) is 0 Å². The van der Waals surface area contributed by atoms with E-state index in [0.29, 0.717) is 18.0 Å². The van der Waals surface area contributed by atoms with Crippen molar-refractivity contribution in [3.05, 3.63) is 65.5 Å². The number of carbonyl (C=O) groups is 1. The number of hydrogen-bond acceptors (Lipinski definition) is 5. The first-order valence-corrected chi connectivity index (χ1v) is 11.0. The van der Waals surface area contributed by atoms with Gasteiger partial charge in [0.15, 0.2) is 0 Å². The molecule has 0 amide bonds. The lowest BCUT2D eigenvalue weighted by Gasteiger charge is -2.38. The third-order valence-corrected chi connectivity index (χ3v) is 6.89. The maximum absolute atomic E-state index is 10.9. The maximum atomic E-state index is 10.9. The van der Waals surface area contributed by atoms with Crippen LogP contribution in [-0.2, 0) is 11.3 Å². The summed E-state index contributed by atoms with van der Waals surface area (Å²) in [5.74, 6) is -0.324. The quantitative estimate of drug-likeness (QED) is 0.767. The molecule has 158 valence electrons. The molecule has 2 aromatic rings. The van der Waals surface area contributed by atoms with Gasteiger partial charge in [0.25, 0.3) is 0 Å². The summed E-state index contributed by atoms with van der Waals surface area (Å²) in [6.07, 6.45) is 6.12. The third-order valence-electron chi connectivity index (χ3n) is 6.89. The lowest BCUT2D eigenvalue weighted by molar-refractivity contribution is -0.0449. The Morgan fingerprint density at radius 3 is 2.70 bits per heavy atom. The summed E-state index contributed by atoms with van der Waals surface area (Å²) in [7, 11) is 0. The first kappa shape index (κ1) is 19.7. The zero-order valence-electron chi connectivity index (χ0n) is 17.2. The van der Waals surface area contributed by atoms with Crippen LogP contribution in [0.1, 0.15) is 53.2 Å². The second-order valence-corrected chi connectivity index (χ2v) is 9.05. The molecule has 0 bridgehead atoms. The van der Waals surface area contributed by atoms with Crippen LogP contribution in [0.25, 0.3) is 0 Å². The molecule has 1 aromatic heterocycles. The van der Waals surface area contributed by atoms with Crippen LogP contribution in [0, 0.1) is 0 Å². The fourth-order valence-corrected chi connectivity index (χ4v) is 5.07. The predicted octanol–water partition coefficient (Wildman–Crippen LogP) is 3.05. The molecule has 3 atom stereocenters. The maximum Gasteiger partial charge on any atom is 0.354 e. The summed E-state index contributed by atoms with van der Waals surface area (Å²) in [5, 5.41) is 12.8. The minimum Gasteiger partial charge on any atom is -0.477 e. The molecular weight excluding hydrogens is 378 g/mol. The molecule has 2 N–H and O–H groups in total. The molecule has 3 aliphatic rings. The van der Waals surface area contributed by atoms with Crippen LogP contribution >= 0.6 is 0 Å². The molecule has 1 unspecified atom stereocenters. The number of likely N-dealkylation sites (tertiary alicyclic amines) is 1. The smallest absolute Gasteiger partial charge is 0.354 e. The van der Waals surface area contributed by atoms with Crippen molar-refractivity contribution in [1.29, 1.82) is 0 Å². The Balaban J connectivity index is 1.09. The summed E-state index contributed by atoms with van der Waals surface area (Å²) in [6, 6.07) is 15.3. The number of nitrogens with zero attached hydrogens (tertiary/aromatic N) is 2. The van der Waals surface area contributed by atoms with Crippen molar-refractivity contribution in [1.82, 2.24) is 15.2 Å². The Hall–Kier alpha value is -2.28. The molecule has 6 heteroatoms. The largest absolute Gasteiger partial charge is 0.477 e. The van der Waals surface area contributed by atoms with Gasteiger partial charge in [-0.1, -0.05) is 36.4 Å². The van der Waals surface area contributed by atoms with Crippen molar-refractivity contribution >= 4 is 5.97 Å². The van der Waals surface area contributed by atoms with Crippen LogP contribution < -0.4 is 5.32 Å². The van der Waals surface area contributed by atoms with E-state index in [9.17, 15) is 4.79 Å². The zero-order valence-corrected chi connectivity index (χ0v) is 17.2. The predicted molar refractivity (Wildman–Crippen MR) is 114 cm³/mol. The van der Waals surface area contributed by atoms with Gasteiger partial charge < -0.3 is 15.2 Å². The lowest BCUT2D eigenvalue weighted by Crippen LogP contribution is -2.44. The van der Waals surface area contributed by atoms with Crippen LogP contribution in [0.15, 0.2) is 48.7 Å². The molecule has 2 aliphatic heterocycles. The summed E-state index contributed by atoms with van der Waals surface area (Å²) >= 11 is 0. The van der Waals surface area contributed by atoms with Gasteiger partial charge in [-0.15, -0.1) is 0 Å². The van der Waals surface area contributed by atoms with Gasteiger partial charge in [0.1, 0.15) is 5.69 Å². The molecule has 1 aliphatic carbocycles. The highest BCUT2D eigenvalue weighted by atomic mass is 16.5. The highest BCUT2D eigenvalue weighted by Gasteiger charge is 2.46. The Morgan fingerprint density at radius 2 is 2.00 bits per heavy atom. The monoisotopic (exact) mass is 407 g/mol. The van der Waals surface area contributed by atoms with Gasteiger partial charge >= 0.3 is 5.97 Å². The standard InChI is InChI=1S/C24H29N3O3/c28-23(29)21-7-6-17(14-25-21)15-27-10-8-24(9-11-27)13-19(16-30-24)26-22-12-20(22)18-4-2-1-3-5-18/h1-7,14,19-20,22,26H,8-13,15-16H2,(H,28,29)/t19?,20-,22+/m0/s1. The molecule has 1 saturated carbocycles. The number of rotatable bonds is 6. The molecule has 5 rings (SSSR count). The fourth-order valence-electron chi connectivity index (χ4n) is 5.07. The van der Waals surface area contributed by atoms with E-state index >= 15 is 0 Å². The second kappa shape index (κ2) is 8.10. The summed E-state index contributed by atoms with van der Waals surface area (Å²) in [6.45, 7) is 3.64. The molecule has 1 aromatic carbocycles. The average molecular weight is 408 g/mol. The van der Waals surface area contributed by atoms with Crippen molar-refractivity contribution in [3.63, 3.8) is 0 Å². The fraction of sp³-hybridized carbons (Fsp3) is 0.500. The number of ether oxygens (including phenoxy) is 1. The van der Waals surface area contributed by atoms with Crippen molar-refractivity contribution in [2.75, 3.05) is 19.7 Å². The van der Waals surface area contributed by atoms with E-state index < -0.39 is 5.97 Å². The van der Waals surface area contributed by atoms with E-state index in [-0.39, 0.29) is 11.3 Å². The molecule has 1 spiro atoms. The number of hydrogen-bond donors (Lipinski definition) is 2. The number of aromatic nitrogens is 1. The number of piperidine rings is 1. The van der Waals surface area contributed by atoms with E-state index in [0.717, 1.165) is 51.1 Å². The summed E-state index contributed by atoms with van der Waals surface area (Å²) < 4.78 is 6.34. The molecular formula is C24H29N3O3. The SMILES string of the molecule is O=C(O)c1ccc(CN2CCC3(CC2)CC(N[C@@H]2C[C@H]2c2ccccc2)CO3)cn1. The number of benzene rings is 1. The van der Waals surface area contributed by atoms with Crippen LogP contribution in [-0.4, -0.2) is 58.3 Å². The molecule has 2 saturated heterocycles. The number of carboxylic acids is 1. The highest BCUT2D eigenvalue weighted by molar-refractivity contribution is 5.85. The molecule has 30 heavy (non-hydrogen) atoms. The van der Waals surface area contributed by atoms with Crippen molar-refractivity contribution < 1.29 is 14.6 Å². The first-order chi connectivity index (χ1) is 14.6. The summed E-state index contributed by atoms with van der Waals surface area (Å²) in [4.78, 5) is 17.4. The number of pyridine rings is 1. The van der Waals surface area contributed by atoms with E-state index in [1.807, 2.05) is 6.07 Å². The van der Waals surface area contributed by atoms with E-state index in [2.05, 4.69) is 45.5 Å². The second-order valence-electron chi connectivity index (χ2n) is 9.05. The van der Waals surface area contributed by atoms with Gasteiger partial charge in [-0.3, -0.25) is 4.90 Å². The average Bonchev–Trinajstić information content (AvgIpc) is 3.43. The highest BCUT2D eigenvalue weighted by Crippen LogP contribution is 2.43. The summed E-state index contributed by atoms with van der Waals surface area (Å²) in [5.41, 5.74) is 2.63. The Labute approximate surface area is 177 Å². The third kappa shape index (κ3) is 4.26. The van der Waals surface area contributed by atoms with Gasteiger partial charge in [0.05, 0.1) is 12.2 Å². The first-order valence-electron chi connectivity index (χ1n) is 11.0. The molecule has 6 nitrogen and oxygen atoms in total. The van der Waals surface area contributed by atoms with E-state index in [1.54, 1.807) is 12.3 Å². The van der Waals surface area contributed by atoms with Crippen molar-refractivity contribution in [2.24, 2.45) is 0 Å². The number of nitrogens with one attached hydrogen (secondary N) is 1. The lowest BCUT2D eigenvalue weighted by atomic mass is 9.87. The molecule has 3 fully saturated rings. The Morgan fingerprint density at radius 1 is 1.20 bits per heavy atom. The van der Waals surface area contributed by atoms with E-state index in [4.69, 9.17) is 9.84 Å². The van der Waals surface area contributed by atoms with Crippen molar-refractivity contribution in [3.8, 4) is 0 Å². The van der Waals surface area contributed by atoms with Crippen LogP contribution in [0.4, 0.5) is 0 Å². The van der Waals surface area contributed by atoms with Gasteiger partial charge in [-0.05, 0) is 42.9 Å². The van der Waals surface area contributed by atoms with Crippen LogP contribution in [0.5, 0.6) is 0 Å². The van der Waals surface area contributed by atoms with Gasteiger partial charge in [0, 0.05) is 43.8 Å². The van der Waals surface area contributed by atoms with E-state index in [1.165, 1.54) is 12.0 Å². The number of aromatic carboxylic acids is 1. The van der Waals surface area contributed by atoms with Crippen LogP contribution in [0.3, 0.4) is 0 Å². The normalized spacial score (nSPS) is 27.9. The molecule has 3 heterocycles. The topological polar surface area (TPSA) is 74.7 Å². The van der Waals surface area contributed by atoms with Gasteiger partial charge in [-0.2, -0.15) is 0 Å². The minimum absolute atomic E-state index is 0.0245. The molecule has 0 radical (unpaired) electrons. The van der Waals surface area contributed by atoms with Crippen molar-refractivity contribution in [2.45, 2.75) is 55.8 Å². The Kier molecular flexibility index (Phi) is 5.31. The Bertz CT molecular complexity index is 878. The van der Waals surface area contributed by atoms with Gasteiger partial charge in [0.2, 0.25) is 0 Å².